The molecular formula is C21H22ClN3O2S. The number of carbonyl (C=O) groups excluding carboxylic acids is 2. The molecule has 0 aliphatic heterocycles. The second kappa shape index (κ2) is 9.48. The largest absolute Gasteiger partial charge is 0.298 e. The smallest absolute Gasteiger partial charge is 0.269 e. The molecule has 146 valence electrons. The highest BCUT2D eigenvalue weighted by Crippen LogP contribution is 2.22. The maximum atomic E-state index is 12.2. The first-order chi connectivity index (χ1) is 13.1. The van der Waals surface area contributed by atoms with Gasteiger partial charge in [-0.3, -0.25) is 25.8 Å². The average molecular weight is 416 g/mol. The molecule has 0 heterocycles. The summed E-state index contributed by atoms with van der Waals surface area (Å²) in [5.74, 6) is -0.773. The van der Waals surface area contributed by atoms with Crippen molar-refractivity contribution in [2.24, 2.45) is 0 Å². The number of hydrogen-bond donors (Lipinski definition) is 3. The van der Waals surface area contributed by atoms with E-state index in [2.05, 4.69) is 36.9 Å². The molecule has 2 aromatic rings. The molecule has 0 aliphatic carbocycles. The Balaban J connectivity index is 1.82. The van der Waals surface area contributed by atoms with Crippen molar-refractivity contribution in [3.63, 3.8) is 0 Å². The number of hydrogen-bond acceptors (Lipinski definition) is 3. The first kappa shape index (κ1) is 21.6. The standard InChI is InChI=1S/C21H22ClN3O2S/c1-21(2,3)16-9-7-15(8-10-16)19(27)24-25-20(28)23-18(26)13-6-14-4-11-17(22)12-5-14/h4-13H,1-3H3,(H,24,27)(H2,23,25,26,28)/b13-6+. The summed E-state index contributed by atoms with van der Waals surface area (Å²) >= 11 is 10.8. The van der Waals surface area contributed by atoms with Crippen molar-refractivity contribution in [3.8, 4) is 0 Å². The molecule has 2 rings (SSSR count). The minimum atomic E-state index is -0.420. The lowest BCUT2D eigenvalue weighted by atomic mass is 9.87. The van der Waals surface area contributed by atoms with Gasteiger partial charge in [0, 0.05) is 16.7 Å². The van der Waals surface area contributed by atoms with Gasteiger partial charge in [-0.15, -0.1) is 0 Å². The Morgan fingerprint density at radius 1 is 0.964 bits per heavy atom. The molecular weight excluding hydrogens is 394 g/mol. The van der Waals surface area contributed by atoms with E-state index in [0.717, 1.165) is 11.1 Å². The summed E-state index contributed by atoms with van der Waals surface area (Å²) in [5, 5.41) is 3.06. The van der Waals surface area contributed by atoms with Gasteiger partial charge in [0.2, 0.25) is 5.91 Å². The maximum absolute atomic E-state index is 12.2. The maximum Gasteiger partial charge on any atom is 0.269 e. The normalized spacial score (nSPS) is 11.1. The first-order valence-corrected chi connectivity index (χ1v) is 9.39. The lowest BCUT2D eigenvalue weighted by Gasteiger charge is -2.19. The van der Waals surface area contributed by atoms with Crippen LogP contribution in [-0.2, 0) is 10.2 Å². The highest BCUT2D eigenvalue weighted by molar-refractivity contribution is 7.80. The zero-order valence-electron chi connectivity index (χ0n) is 15.9. The molecule has 0 saturated carbocycles. The van der Waals surface area contributed by atoms with Crippen LogP contribution in [0.3, 0.4) is 0 Å². The van der Waals surface area contributed by atoms with Crippen LogP contribution in [0.4, 0.5) is 0 Å². The number of thiocarbonyl (C=S) groups is 1. The summed E-state index contributed by atoms with van der Waals surface area (Å²) in [7, 11) is 0. The molecule has 2 aromatic carbocycles. The van der Waals surface area contributed by atoms with Crippen molar-refractivity contribution in [2.45, 2.75) is 26.2 Å². The number of halogens is 1. The van der Waals surface area contributed by atoms with E-state index in [-0.39, 0.29) is 16.4 Å². The zero-order chi connectivity index (χ0) is 20.7. The molecule has 28 heavy (non-hydrogen) atoms. The molecule has 5 nitrogen and oxygen atoms in total. The Hall–Kier alpha value is -2.70. The van der Waals surface area contributed by atoms with Crippen molar-refractivity contribution in [1.29, 1.82) is 0 Å². The topological polar surface area (TPSA) is 70.2 Å². The molecule has 0 fully saturated rings. The van der Waals surface area contributed by atoms with Crippen LogP contribution in [0, 0.1) is 0 Å². The second-order valence-electron chi connectivity index (χ2n) is 7.11. The van der Waals surface area contributed by atoms with Crippen LogP contribution in [0.2, 0.25) is 5.02 Å². The van der Waals surface area contributed by atoms with E-state index < -0.39 is 5.91 Å². The Kier molecular flexibility index (Phi) is 7.31. The fraction of sp³-hybridized carbons (Fsp3) is 0.190. The quantitative estimate of drug-likeness (QED) is 0.403. The van der Waals surface area contributed by atoms with Crippen molar-refractivity contribution in [1.82, 2.24) is 16.2 Å². The zero-order valence-corrected chi connectivity index (χ0v) is 17.4. The number of carbonyl (C=O) groups is 2. The monoisotopic (exact) mass is 415 g/mol. The van der Waals surface area contributed by atoms with Crippen LogP contribution >= 0.6 is 23.8 Å². The van der Waals surface area contributed by atoms with Gasteiger partial charge in [0.25, 0.3) is 5.91 Å². The second-order valence-corrected chi connectivity index (χ2v) is 7.95. The molecule has 3 N–H and O–H groups in total. The molecule has 0 unspecified atom stereocenters. The lowest BCUT2D eigenvalue weighted by Crippen LogP contribution is -2.48. The fourth-order valence-corrected chi connectivity index (χ4v) is 2.52. The molecule has 7 heteroatoms. The lowest BCUT2D eigenvalue weighted by molar-refractivity contribution is -0.115. The molecule has 0 bridgehead atoms. The van der Waals surface area contributed by atoms with Gasteiger partial charge in [0.1, 0.15) is 0 Å². The third kappa shape index (κ3) is 6.79. The molecule has 0 aliphatic rings. The van der Waals surface area contributed by atoms with Gasteiger partial charge in [-0.05, 0) is 59.1 Å². The molecule has 0 spiro atoms. The number of hydrazine groups is 1. The number of benzene rings is 2. The van der Waals surface area contributed by atoms with Gasteiger partial charge in [-0.1, -0.05) is 56.6 Å². The van der Waals surface area contributed by atoms with E-state index in [1.54, 1.807) is 42.5 Å². The Labute approximate surface area is 175 Å². The molecule has 0 aromatic heterocycles. The average Bonchev–Trinajstić information content (AvgIpc) is 2.65. The van der Waals surface area contributed by atoms with E-state index in [4.69, 9.17) is 23.8 Å². The Morgan fingerprint density at radius 2 is 1.57 bits per heavy atom. The van der Waals surface area contributed by atoms with Gasteiger partial charge in [-0.2, -0.15) is 0 Å². The summed E-state index contributed by atoms with van der Waals surface area (Å²) in [6, 6.07) is 14.3. The summed E-state index contributed by atoms with van der Waals surface area (Å²) in [5.41, 5.74) is 7.42. The van der Waals surface area contributed by atoms with E-state index >= 15 is 0 Å². The van der Waals surface area contributed by atoms with Crippen molar-refractivity contribution < 1.29 is 9.59 Å². The third-order valence-corrected chi connectivity index (χ3v) is 4.29. The van der Waals surface area contributed by atoms with Gasteiger partial charge >= 0.3 is 0 Å². The molecule has 0 atom stereocenters. The molecule has 0 radical (unpaired) electrons. The number of amides is 2. The van der Waals surface area contributed by atoms with Crippen LogP contribution in [0.5, 0.6) is 0 Å². The van der Waals surface area contributed by atoms with Gasteiger partial charge in [0.15, 0.2) is 5.11 Å². The molecule has 2 amide bonds. The van der Waals surface area contributed by atoms with Crippen LogP contribution in [0.1, 0.15) is 42.3 Å². The van der Waals surface area contributed by atoms with E-state index in [1.165, 1.54) is 6.08 Å². The van der Waals surface area contributed by atoms with Crippen LogP contribution in [0.15, 0.2) is 54.6 Å². The first-order valence-electron chi connectivity index (χ1n) is 8.60. The minimum Gasteiger partial charge on any atom is -0.298 e. The predicted molar refractivity (Wildman–Crippen MR) is 117 cm³/mol. The van der Waals surface area contributed by atoms with Gasteiger partial charge in [0.05, 0.1) is 0 Å². The fourth-order valence-electron chi connectivity index (χ4n) is 2.24. The summed E-state index contributed by atoms with van der Waals surface area (Å²) in [6.45, 7) is 6.31. The Bertz CT molecular complexity index is 885. The predicted octanol–water partition coefficient (Wildman–Crippen LogP) is 3.99. The van der Waals surface area contributed by atoms with Crippen LogP contribution in [-0.4, -0.2) is 16.9 Å². The number of rotatable bonds is 3. The van der Waals surface area contributed by atoms with Gasteiger partial charge in [-0.25, -0.2) is 0 Å². The van der Waals surface area contributed by atoms with Crippen molar-refractivity contribution in [2.75, 3.05) is 0 Å². The summed E-state index contributed by atoms with van der Waals surface area (Å²) < 4.78 is 0. The van der Waals surface area contributed by atoms with Crippen molar-refractivity contribution >= 4 is 46.8 Å². The number of nitrogens with one attached hydrogen (secondary N) is 3. The van der Waals surface area contributed by atoms with E-state index in [1.807, 2.05) is 12.1 Å². The molecule has 0 saturated heterocycles. The van der Waals surface area contributed by atoms with Crippen LogP contribution < -0.4 is 16.2 Å². The summed E-state index contributed by atoms with van der Waals surface area (Å²) in [6.07, 6.45) is 2.97. The van der Waals surface area contributed by atoms with E-state index in [0.29, 0.717) is 10.6 Å². The third-order valence-electron chi connectivity index (χ3n) is 3.84. The minimum absolute atomic E-state index is 0.00887. The van der Waals surface area contributed by atoms with Gasteiger partial charge < -0.3 is 0 Å². The SMILES string of the molecule is CC(C)(C)c1ccc(C(=O)NNC(=S)NC(=O)/C=C/c2ccc(Cl)cc2)cc1. The Morgan fingerprint density at radius 3 is 2.14 bits per heavy atom. The van der Waals surface area contributed by atoms with E-state index in [9.17, 15) is 9.59 Å². The van der Waals surface area contributed by atoms with Crippen molar-refractivity contribution in [3.05, 3.63) is 76.3 Å². The summed E-state index contributed by atoms with van der Waals surface area (Å²) in [4.78, 5) is 24.0. The highest BCUT2D eigenvalue weighted by atomic mass is 35.5. The van der Waals surface area contributed by atoms with Crippen LogP contribution in [0.25, 0.3) is 6.08 Å². The highest BCUT2D eigenvalue weighted by Gasteiger charge is 2.14.